The Kier molecular flexibility index (Phi) is 2.32. The van der Waals surface area contributed by atoms with E-state index in [0.29, 0.717) is 5.82 Å². The minimum absolute atomic E-state index is 0.0615. The molecule has 1 aromatic rings. The first-order valence-electron chi connectivity index (χ1n) is 3.80. The maximum atomic E-state index is 12.2. The van der Waals surface area contributed by atoms with E-state index in [0.717, 1.165) is 4.57 Å². The van der Waals surface area contributed by atoms with Gasteiger partial charge in [-0.1, -0.05) is 13.8 Å². The van der Waals surface area contributed by atoms with Crippen LogP contribution in [-0.4, -0.2) is 14.8 Å². The largest absolute Gasteiger partial charge is 0.451 e. The lowest BCUT2D eigenvalue weighted by molar-refractivity contribution is -0.147. The van der Waals surface area contributed by atoms with Crippen molar-refractivity contribution in [3.63, 3.8) is 0 Å². The van der Waals surface area contributed by atoms with Gasteiger partial charge in [0.1, 0.15) is 5.82 Å². The Morgan fingerprint density at radius 1 is 1.23 bits per heavy atom. The fourth-order valence-corrected chi connectivity index (χ4v) is 1.09. The van der Waals surface area contributed by atoms with E-state index in [1.807, 2.05) is 0 Å². The summed E-state index contributed by atoms with van der Waals surface area (Å²) in [5, 5.41) is 6.57. The molecule has 0 unspecified atom stereocenters. The lowest BCUT2D eigenvalue weighted by atomic mass is 10.2. The fraction of sp³-hybridized carbons (Fsp3) is 0.714. The van der Waals surface area contributed by atoms with Crippen LogP contribution < -0.4 is 0 Å². The molecule has 0 aliphatic rings. The van der Waals surface area contributed by atoms with E-state index in [2.05, 4.69) is 10.2 Å². The minimum atomic E-state index is -4.42. The number of rotatable bonds is 1. The van der Waals surface area contributed by atoms with E-state index in [4.69, 9.17) is 0 Å². The Morgan fingerprint density at radius 3 is 2.00 bits per heavy atom. The van der Waals surface area contributed by atoms with Crippen molar-refractivity contribution in [2.24, 2.45) is 7.05 Å². The van der Waals surface area contributed by atoms with Crippen molar-refractivity contribution in [2.45, 2.75) is 25.9 Å². The average Bonchev–Trinajstić information content (AvgIpc) is 2.28. The molecule has 74 valence electrons. The Balaban J connectivity index is 3.14. The molecule has 1 heterocycles. The van der Waals surface area contributed by atoms with Gasteiger partial charge in [-0.15, -0.1) is 10.2 Å². The molecule has 0 bridgehead atoms. The van der Waals surface area contributed by atoms with Gasteiger partial charge >= 0.3 is 6.18 Å². The Bertz CT molecular complexity index is 300. The maximum Gasteiger partial charge on any atom is 0.451 e. The molecule has 3 nitrogen and oxygen atoms in total. The first kappa shape index (κ1) is 10.0. The van der Waals surface area contributed by atoms with Crippen molar-refractivity contribution < 1.29 is 13.2 Å². The Labute approximate surface area is 73.6 Å². The summed E-state index contributed by atoms with van der Waals surface area (Å²) < 4.78 is 37.6. The zero-order valence-electron chi connectivity index (χ0n) is 7.55. The van der Waals surface area contributed by atoms with Crippen molar-refractivity contribution >= 4 is 0 Å². The molecule has 0 spiro atoms. The lowest BCUT2D eigenvalue weighted by Gasteiger charge is -2.07. The standard InChI is InChI=1S/C7H10F3N3/c1-4(2)5-11-12-6(13(5)3)7(8,9)10/h4H,1-3H3. The van der Waals surface area contributed by atoms with E-state index >= 15 is 0 Å². The van der Waals surface area contributed by atoms with Crippen LogP contribution in [0.15, 0.2) is 0 Å². The van der Waals surface area contributed by atoms with Crippen LogP contribution >= 0.6 is 0 Å². The second kappa shape index (κ2) is 3.01. The number of halogens is 3. The molecule has 1 aromatic heterocycles. The molecule has 0 aliphatic heterocycles. The van der Waals surface area contributed by atoms with E-state index in [1.165, 1.54) is 7.05 Å². The summed E-state index contributed by atoms with van der Waals surface area (Å²) in [5.41, 5.74) is 0. The van der Waals surface area contributed by atoms with Crippen LogP contribution in [0, 0.1) is 0 Å². The molecule has 0 N–H and O–H groups in total. The number of aromatic nitrogens is 3. The highest BCUT2D eigenvalue weighted by molar-refractivity contribution is 5.01. The van der Waals surface area contributed by atoms with Gasteiger partial charge in [0.25, 0.3) is 0 Å². The lowest BCUT2D eigenvalue weighted by Crippen LogP contribution is -2.14. The summed E-state index contributed by atoms with van der Waals surface area (Å²) >= 11 is 0. The predicted molar refractivity (Wildman–Crippen MR) is 40.1 cm³/mol. The second-order valence-electron chi connectivity index (χ2n) is 3.09. The van der Waals surface area contributed by atoms with E-state index in [9.17, 15) is 13.2 Å². The molecule has 0 fully saturated rings. The van der Waals surface area contributed by atoms with Crippen LogP contribution in [0.25, 0.3) is 0 Å². The van der Waals surface area contributed by atoms with Gasteiger partial charge in [0.2, 0.25) is 5.82 Å². The van der Waals surface area contributed by atoms with E-state index in [-0.39, 0.29) is 5.92 Å². The van der Waals surface area contributed by atoms with Gasteiger partial charge < -0.3 is 4.57 Å². The van der Waals surface area contributed by atoms with Gasteiger partial charge in [-0.3, -0.25) is 0 Å². The monoisotopic (exact) mass is 193 g/mol. The van der Waals surface area contributed by atoms with Gasteiger partial charge in [0.05, 0.1) is 0 Å². The summed E-state index contributed by atoms with van der Waals surface area (Å²) in [5.74, 6) is -0.669. The van der Waals surface area contributed by atoms with Crippen molar-refractivity contribution in [1.29, 1.82) is 0 Å². The smallest absolute Gasteiger partial charge is 0.310 e. The summed E-state index contributed by atoms with van der Waals surface area (Å²) in [6.07, 6.45) is -4.42. The van der Waals surface area contributed by atoms with E-state index < -0.39 is 12.0 Å². The van der Waals surface area contributed by atoms with Crippen LogP contribution in [0.4, 0.5) is 13.2 Å². The molecule has 0 radical (unpaired) electrons. The fourth-order valence-electron chi connectivity index (χ4n) is 1.09. The van der Waals surface area contributed by atoms with Gasteiger partial charge in [-0.25, -0.2) is 0 Å². The molecule has 0 aliphatic carbocycles. The first-order chi connectivity index (χ1) is 5.84. The number of hydrogen-bond donors (Lipinski definition) is 0. The molecule has 0 saturated heterocycles. The van der Waals surface area contributed by atoms with E-state index in [1.54, 1.807) is 13.8 Å². The molecule has 6 heteroatoms. The SMILES string of the molecule is CC(C)c1nnc(C(F)(F)F)n1C. The highest BCUT2D eigenvalue weighted by Crippen LogP contribution is 2.28. The van der Waals surface area contributed by atoms with Crippen molar-refractivity contribution in [3.05, 3.63) is 11.6 Å². The average molecular weight is 193 g/mol. The first-order valence-corrected chi connectivity index (χ1v) is 3.80. The van der Waals surface area contributed by atoms with Gasteiger partial charge in [0, 0.05) is 13.0 Å². The molecule has 0 atom stereocenters. The van der Waals surface area contributed by atoms with Crippen LogP contribution in [0.2, 0.25) is 0 Å². The Morgan fingerprint density at radius 2 is 1.77 bits per heavy atom. The zero-order valence-corrected chi connectivity index (χ0v) is 7.55. The molecular weight excluding hydrogens is 183 g/mol. The van der Waals surface area contributed by atoms with Crippen LogP contribution in [-0.2, 0) is 13.2 Å². The number of nitrogens with zero attached hydrogens (tertiary/aromatic N) is 3. The molecule has 0 amide bonds. The van der Waals surface area contributed by atoms with Crippen LogP contribution in [0.3, 0.4) is 0 Å². The summed E-state index contributed by atoms with van der Waals surface area (Å²) in [6, 6.07) is 0. The molecule has 0 aromatic carbocycles. The molecule has 13 heavy (non-hydrogen) atoms. The predicted octanol–water partition coefficient (Wildman–Crippen LogP) is 1.96. The normalized spacial score (nSPS) is 12.5. The van der Waals surface area contributed by atoms with Crippen molar-refractivity contribution in [3.8, 4) is 0 Å². The molecule has 0 saturated carbocycles. The second-order valence-corrected chi connectivity index (χ2v) is 3.09. The third kappa shape index (κ3) is 1.81. The van der Waals surface area contributed by atoms with Gasteiger partial charge in [-0.2, -0.15) is 13.2 Å². The summed E-state index contributed by atoms with van der Waals surface area (Å²) in [6.45, 7) is 3.54. The zero-order chi connectivity index (χ0) is 10.2. The molecule has 1 rings (SSSR count). The minimum Gasteiger partial charge on any atom is -0.310 e. The number of alkyl halides is 3. The summed E-state index contributed by atoms with van der Waals surface area (Å²) in [4.78, 5) is 0. The van der Waals surface area contributed by atoms with Crippen molar-refractivity contribution in [2.75, 3.05) is 0 Å². The highest BCUT2D eigenvalue weighted by Gasteiger charge is 2.37. The Hall–Kier alpha value is -1.07. The third-order valence-electron chi connectivity index (χ3n) is 1.68. The van der Waals surface area contributed by atoms with Crippen LogP contribution in [0.1, 0.15) is 31.4 Å². The highest BCUT2D eigenvalue weighted by atomic mass is 19.4. The quantitative estimate of drug-likeness (QED) is 0.682. The van der Waals surface area contributed by atoms with Gasteiger partial charge in [0.15, 0.2) is 0 Å². The third-order valence-corrected chi connectivity index (χ3v) is 1.68. The molecular formula is C7H10F3N3. The number of hydrogen-bond acceptors (Lipinski definition) is 2. The topological polar surface area (TPSA) is 30.7 Å². The van der Waals surface area contributed by atoms with Crippen molar-refractivity contribution in [1.82, 2.24) is 14.8 Å². The van der Waals surface area contributed by atoms with Gasteiger partial charge in [-0.05, 0) is 0 Å². The maximum absolute atomic E-state index is 12.2. The summed E-state index contributed by atoms with van der Waals surface area (Å²) in [7, 11) is 1.32. The van der Waals surface area contributed by atoms with Crippen LogP contribution in [0.5, 0.6) is 0 Å².